The number of alkyl halides is 3. The molecule has 3 heterocycles. The standard InChI is InChI=1S/C19H14F3N5O/c20-19(21,22)13-4-5-14-12(7-23-26-14)17(13)11-3-6-16-24-15(9-27(16)8-11)25-18(28)10-1-2-10/h3-10H,1-2H2,(H,23,26)(H,25,28). The second kappa shape index (κ2) is 5.82. The van der Waals surface area contributed by atoms with Gasteiger partial charge >= 0.3 is 6.18 Å². The molecule has 1 aromatic carbocycles. The molecule has 0 aliphatic heterocycles. The van der Waals surface area contributed by atoms with Gasteiger partial charge in [-0.05, 0) is 42.7 Å². The van der Waals surface area contributed by atoms with Crippen molar-refractivity contribution in [2.75, 3.05) is 5.32 Å². The number of nitrogens with zero attached hydrogens (tertiary/aromatic N) is 3. The summed E-state index contributed by atoms with van der Waals surface area (Å²) in [6, 6.07) is 5.64. The summed E-state index contributed by atoms with van der Waals surface area (Å²) in [7, 11) is 0. The molecular formula is C19H14F3N5O. The number of aromatic amines is 1. The van der Waals surface area contributed by atoms with Gasteiger partial charge in [0.1, 0.15) is 5.65 Å². The maximum Gasteiger partial charge on any atom is 0.417 e. The highest BCUT2D eigenvalue weighted by Gasteiger charge is 2.35. The van der Waals surface area contributed by atoms with E-state index >= 15 is 0 Å². The van der Waals surface area contributed by atoms with Crippen molar-refractivity contribution in [2.45, 2.75) is 19.0 Å². The number of halogens is 3. The van der Waals surface area contributed by atoms with E-state index < -0.39 is 11.7 Å². The van der Waals surface area contributed by atoms with Gasteiger partial charge in [0.05, 0.1) is 23.5 Å². The summed E-state index contributed by atoms with van der Waals surface area (Å²) in [6.45, 7) is 0. The molecule has 9 heteroatoms. The van der Waals surface area contributed by atoms with Crippen LogP contribution in [0.5, 0.6) is 0 Å². The fraction of sp³-hybridized carbons (Fsp3) is 0.211. The predicted octanol–water partition coefficient (Wildman–Crippen LogP) is 4.24. The minimum Gasteiger partial charge on any atom is -0.309 e. The molecule has 0 atom stereocenters. The summed E-state index contributed by atoms with van der Waals surface area (Å²) in [5.41, 5.74) is 0.749. The topological polar surface area (TPSA) is 75.1 Å². The van der Waals surface area contributed by atoms with Gasteiger partial charge in [0.15, 0.2) is 5.82 Å². The smallest absolute Gasteiger partial charge is 0.309 e. The van der Waals surface area contributed by atoms with E-state index in [0.717, 1.165) is 18.9 Å². The minimum absolute atomic E-state index is 0.0356. The SMILES string of the molecule is O=C(Nc1cn2cc(-c3c(C(F)(F)F)ccc4[nH]ncc34)ccc2n1)C1CC1. The molecule has 0 unspecified atom stereocenters. The first-order valence-corrected chi connectivity index (χ1v) is 8.73. The number of rotatable bonds is 3. The number of fused-ring (bicyclic) bond motifs is 2. The van der Waals surface area contributed by atoms with E-state index in [4.69, 9.17) is 0 Å². The summed E-state index contributed by atoms with van der Waals surface area (Å²) in [6.07, 6.45) is 1.80. The molecule has 0 radical (unpaired) electrons. The third-order valence-corrected chi connectivity index (χ3v) is 4.87. The van der Waals surface area contributed by atoms with Crippen LogP contribution in [-0.2, 0) is 11.0 Å². The average molecular weight is 385 g/mol. The zero-order chi connectivity index (χ0) is 19.5. The van der Waals surface area contributed by atoms with Crippen LogP contribution in [0.1, 0.15) is 18.4 Å². The molecule has 0 saturated heterocycles. The third kappa shape index (κ3) is 2.79. The van der Waals surface area contributed by atoms with Crippen LogP contribution in [-0.4, -0.2) is 25.5 Å². The van der Waals surface area contributed by atoms with Crippen LogP contribution in [0.4, 0.5) is 19.0 Å². The minimum atomic E-state index is -4.51. The number of carbonyl (C=O) groups is 1. The molecule has 1 amide bonds. The largest absolute Gasteiger partial charge is 0.417 e. The highest BCUT2D eigenvalue weighted by molar-refractivity contribution is 5.96. The van der Waals surface area contributed by atoms with E-state index in [0.29, 0.717) is 27.9 Å². The van der Waals surface area contributed by atoms with E-state index in [1.165, 1.54) is 12.3 Å². The lowest BCUT2D eigenvalue weighted by molar-refractivity contribution is -0.137. The Kier molecular flexibility index (Phi) is 3.49. The van der Waals surface area contributed by atoms with Crippen molar-refractivity contribution in [1.82, 2.24) is 19.6 Å². The number of H-pyrrole nitrogens is 1. The predicted molar refractivity (Wildman–Crippen MR) is 96.6 cm³/mol. The highest BCUT2D eigenvalue weighted by atomic mass is 19.4. The van der Waals surface area contributed by atoms with Crippen molar-refractivity contribution in [2.24, 2.45) is 5.92 Å². The Morgan fingerprint density at radius 1 is 1.18 bits per heavy atom. The van der Waals surface area contributed by atoms with E-state index in [2.05, 4.69) is 20.5 Å². The molecule has 4 aromatic rings. The van der Waals surface area contributed by atoms with Crippen molar-refractivity contribution in [3.05, 3.63) is 48.4 Å². The number of hydrogen-bond donors (Lipinski definition) is 2. The fourth-order valence-corrected chi connectivity index (χ4v) is 3.34. The van der Waals surface area contributed by atoms with Gasteiger partial charge in [0.2, 0.25) is 5.91 Å². The Labute approximate surface area is 156 Å². The second-order valence-electron chi connectivity index (χ2n) is 6.89. The molecule has 2 N–H and O–H groups in total. The number of benzene rings is 1. The Hall–Kier alpha value is -3.36. The van der Waals surface area contributed by atoms with Gasteiger partial charge in [0, 0.05) is 23.1 Å². The van der Waals surface area contributed by atoms with Crippen LogP contribution in [0.2, 0.25) is 0 Å². The van der Waals surface area contributed by atoms with E-state index in [1.807, 2.05) is 0 Å². The summed E-state index contributed by atoms with van der Waals surface area (Å²) < 4.78 is 42.4. The Morgan fingerprint density at radius 2 is 2.00 bits per heavy atom. The number of anilines is 1. The van der Waals surface area contributed by atoms with Gasteiger partial charge in [-0.3, -0.25) is 9.89 Å². The molecule has 28 heavy (non-hydrogen) atoms. The van der Waals surface area contributed by atoms with Crippen LogP contribution in [0.3, 0.4) is 0 Å². The lowest BCUT2D eigenvalue weighted by Crippen LogP contribution is -2.13. The number of hydrogen-bond acceptors (Lipinski definition) is 3. The number of carbonyl (C=O) groups excluding carboxylic acids is 1. The lowest BCUT2D eigenvalue weighted by Gasteiger charge is -2.14. The summed E-state index contributed by atoms with van der Waals surface area (Å²) >= 11 is 0. The maximum absolute atomic E-state index is 13.6. The maximum atomic E-state index is 13.6. The zero-order valence-electron chi connectivity index (χ0n) is 14.4. The summed E-state index contributed by atoms with van der Waals surface area (Å²) in [5, 5.41) is 9.71. The number of amides is 1. The summed E-state index contributed by atoms with van der Waals surface area (Å²) in [4.78, 5) is 16.2. The van der Waals surface area contributed by atoms with Crippen molar-refractivity contribution < 1.29 is 18.0 Å². The Balaban J connectivity index is 1.63. The molecule has 142 valence electrons. The summed E-state index contributed by atoms with van der Waals surface area (Å²) in [5.74, 6) is 0.339. The van der Waals surface area contributed by atoms with Gasteiger partial charge in [-0.1, -0.05) is 0 Å². The first-order chi connectivity index (χ1) is 13.4. The van der Waals surface area contributed by atoms with E-state index in [1.54, 1.807) is 28.9 Å². The van der Waals surface area contributed by atoms with Crippen LogP contribution >= 0.6 is 0 Å². The van der Waals surface area contributed by atoms with Gasteiger partial charge < -0.3 is 9.72 Å². The molecule has 1 aliphatic rings. The highest BCUT2D eigenvalue weighted by Crippen LogP contribution is 2.41. The Morgan fingerprint density at radius 3 is 2.75 bits per heavy atom. The van der Waals surface area contributed by atoms with Gasteiger partial charge in [-0.2, -0.15) is 18.3 Å². The van der Waals surface area contributed by atoms with Crippen LogP contribution < -0.4 is 5.32 Å². The zero-order valence-corrected chi connectivity index (χ0v) is 14.4. The second-order valence-corrected chi connectivity index (χ2v) is 6.89. The van der Waals surface area contributed by atoms with E-state index in [-0.39, 0.29) is 17.4 Å². The molecule has 0 bridgehead atoms. The van der Waals surface area contributed by atoms with Crippen LogP contribution in [0.25, 0.3) is 27.7 Å². The molecule has 1 fully saturated rings. The van der Waals surface area contributed by atoms with Crippen LogP contribution in [0, 0.1) is 5.92 Å². The molecular weight excluding hydrogens is 371 g/mol. The molecule has 1 saturated carbocycles. The first-order valence-electron chi connectivity index (χ1n) is 8.73. The first kappa shape index (κ1) is 16.8. The van der Waals surface area contributed by atoms with Gasteiger partial charge in [-0.25, -0.2) is 4.98 Å². The van der Waals surface area contributed by atoms with Gasteiger partial charge in [0.25, 0.3) is 0 Å². The van der Waals surface area contributed by atoms with Crippen molar-refractivity contribution in [1.29, 1.82) is 0 Å². The van der Waals surface area contributed by atoms with Gasteiger partial charge in [-0.15, -0.1) is 0 Å². The Bertz CT molecular complexity index is 1220. The molecule has 0 spiro atoms. The lowest BCUT2D eigenvalue weighted by atomic mass is 9.97. The molecule has 3 aromatic heterocycles. The van der Waals surface area contributed by atoms with Crippen LogP contribution in [0.15, 0.2) is 42.9 Å². The van der Waals surface area contributed by atoms with Crippen molar-refractivity contribution in [3.8, 4) is 11.1 Å². The van der Waals surface area contributed by atoms with E-state index in [9.17, 15) is 18.0 Å². The average Bonchev–Trinajstić information content (AvgIpc) is 3.25. The number of pyridine rings is 1. The number of imidazole rings is 1. The fourth-order valence-electron chi connectivity index (χ4n) is 3.34. The number of nitrogens with one attached hydrogen (secondary N) is 2. The molecule has 5 rings (SSSR count). The normalized spacial score (nSPS) is 14.7. The number of aromatic nitrogens is 4. The van der Waals surface area contributed by atoms with Crippen molar-refractivity contribution >= 4 is 28.3 Å². The quantitative estimate of drug-likeness (QED) is 0.554. The molecule has 1 aliphatic carbocycles. The molecule has 6 nitrogen and oxygen atoms in total. The van der Waals surface area contributed by atoms with Crippen molar-refractivity contribution in [3.63, 3.8) is 0 Å². The monoisotopic (exact) mass is 385 g/mol. The third-order valence-electron chi connectivity index (χ3n) is 4.87.